The van der Waals surface area contributed by atoms with Crippen molar-refractivity contribution in [1.29, 1.82) is 0 Å². The molecular weight excluding hydrogens is 375 g/mol. The monoisotopic (exact) mass is 393 g/mol. The van der Waals surface area contributed by atoms with E-state index in [0.29, 0.717) is 11.7 Å². The summed E-state index contributed by atoms with van der Waals surface area (Å²) < 4.78 is 49.3. The summed E-state index contributed by atoms with van der Waals surface area (Å²) in [5, 5.41) is 4.10. The van der Waals surface area contributed by atoms with Crippen LogP contribution in [0.15, 0.2) is 39.8 Å². The molecule has 2 aromatic heterocycles. The fraction of sp³-hybridized carbons (Fsp3) is 0.421. The van der Waals surface area contributed by atoms with Gasteiger partial charge in [0.15, 0.2) is 17.0 Å². The van der Waals surface area contributed by atoms with E-state index < -0.39 is 17.5 Å². The first-order valence-electron chi connectivity index (χ1n) is 9.11. The normalized spacial score (nSPS) is 15.8. The molecule has 0 spiro atoms. The van der Waals surface area contributed by atoms with Crippen LogP contribution in [0.25, 0.3) is 10.9 Å². The summed E-state index contributed by atoms with van der Waals surface area (Å²) >= 11 is 0. The SMILES string of the molecule is O=c1ccn(Cc2noc(C3CCCCC3)n2)c2c(OC(F)(F)F)cccc12. The van der Waals surface area contributed by atoms with Gasteiger partial charge in [-0.05, 0) is 25.0 Å². The molecule has 0 saturated heterocycles. The zero-order valence-corrected chi connectivity index (χ0v) is 14.9. The highest BCUT2D eigenvalue weighted by atomic mass is 19.4. The van der Waals surface area contributed by atoms with Crippen LogP contribution in [-0.4, -0.2) is 21.1 Å². The maximum absolute atomic E-state index is 12.8. The Kier molecular flexibility index (Phi) is 4.82. The first-order chi connectivity index (χ1) is 13.4. The number of para-hydroxylation sites is 1. The Bertz CT molecular complexity index is 1040. The number of fused-ring (bicyclic) bond motifs is 1. The van der Waals surface area contributed by atoms with Gasteiger partial charge in [0.2, 0.25) is 5.89 Å². The van der Waals surface area contributed by atoms with Crippen molar-refractivity contribution in [1.82, 2.24) is 14.7 Å². The zero-order chi connectivity index (χ0) is 19.7. The highest BCUT2D eigenvalue weighted by molar-refractivity contribution is 5.84. The number of hydrogen-bond donors (Lipinski definition) is 0. The lowest BCUT2D eigenvalue weighted by Gasteiger charge is -2.17. The molecular formula is C19H18F3N3O3. The van der Waals surface area contributed by atoms with Crippen molar-refractivity contribution in [2.45, 2.75) is 50.9 Å². The number of halogens is 3. The van der Waals surface area contributed by atoms with Gasteiger partial charge in [-0.3, -0.25) is 4.79 Å². The van der Waals surface area contributed by atoms with Crippen LogP contribution in [-0.2, 0) is 6.54 Å². The molecule has 0 amide bonds. The van der Waals surface area contributed by atoms with E-state index in [9.17, 15) is 18.0 Å². The van der Waals surface area contributed by atoms with Crippen molar-refractivity contribution in [3.8, 4) is 5.75 Å². The lowest BCUT2D eigenvalue weighted by molar-refractivity contribution is -0.274. The van der Waals surface area contributed by atoms with E-state index in [4.69, 9.17) is 4.52 Å². The first kappa shape index (κ1) is 18.5. The number of ether oxygens (including phenoxy) is 1. The molecule has 0 radical (unpaired) electrons. The minimum atomic E-state index is -4.87. The van der Waals surface area contributed by atoms with E-state index in [0.717, 1.165) is 25.7 Å². The van der Waals surface area contributed by atoms with E-state index in [1.807, 2.05) is 0 Å². The van der Waals surface area contributed by atoms with Crippen LogP contribution in [0, 0.1) is 0 Å². The molecule has 148 valence electrons. The maximum atomic E-state index is 12.8. The lowest BCUT2D eigenvalue weighted by atomic mass is 9.89. The quantitative estimate of drug-likeness (QED) is 0.658. The molecule has 0 unspecified atom stereocenters. The Balaban J connectivity index is 1.70. The third-order valence-electron chi connectivity index (χ3n) is 4.93. The van der Waals surface area contributed by atoms with Gasteiger partial charge in [-0.15, -0.1) is 13.2 Å². The van der Waals surface area contributed by atoms with Crippen molar-refractivity contribution < 1.29 is 22.4 Å². The van der Waals surface area contributed by atoms with Crippen LogP contribution in [0.4, 0.5) is 13.2 Å². The third kappa shape index (κ3) is 3.88. The number of hydrogen-bond acceptors (Lipinski definition) is 5. The summed E-state index contributed by atoms with van der Waals surface area (Å²) in [6, 6.07) is 5.28. The molecule has 0 aliphatic heterocycles. The summed E-state index contributed by atoms with van der Waals surface area (Å²) in [5.74, 6) is 0.683. The standard InChI is InChI=1S/C19H18F3N3O3/c20-19(21,22)27-15-8-4-7-13-14(26)9-10-25(17(13)15)11-16-23-18(28-24-16)12-5-2-1-3-6-12/h4,7-10,12H,1-3,5-6,11H2. The van der Waals surface area contributed by atoms with Gasteiger partial charge in [0.25, 0.3) is 0 Å². The first-order valence-corrected chi connectivity index (χ1v) is 9.11. The van der Waals surface area contributed by atoms with Crippen LogP contribution >= 0.6 is 0 Å². The minimum absolute atomic E-state index is 0.0383. The number of pyridine rings is 1. The smallest absolute Gasteiger partial charge is 0.404 e. The highest BCUT2D eigenvalue weighted by Crippen LogP contribution is 2.32. The van der Waals surface area contributed by atoms with Gasteiger partial charge in [0, 0.05) is 23.6 Å². The second kappa shape index (κ2) is 7.29. The molecule has 2 heterocycles. The molecule has 6 nitrogen and oxygen atoms in total. The van der Waals surface area contributed by atoms with E-state index >= 15 is 0 Å². The van der Waals surface area contributed by atoms with E-state index in [1.165, 1.54) is 41.5 Å². The number of aromatic nitrogens is 3. The minimum Gasteiger partial charge on any atom is -0.404 e. The zero-order valence-electron chi connectivity index (χ0n) is 14.9. The van der Waals surface area contributed by atoms with E-state index in [1.54, 1.807) is 0 Å². The van der Waals surface area contributed by atoms with Crippen molar-refractivity contribution >= 4 is 10.9 Å². The number of rotatable bonds is 4. The highest BCUT2D eigenvalue weighted by Gasteiger charge is 2.32. The van der Waals surface area contributed by atoms with Crippen LogP contribution in [0.2, 0.25) is 0 Å². The predicted molar refractivity (Wildman–Crippen MR) is 94.1 cm³/mol. The molecule has 0 atom stereocenters. The van der Waals surface area contributed by atoms with Crippen LogP contribution in [0.3, 0.4) is 0 Å². The van der Waals surface area contributed by atoms with E-state index in [2.05, 4.69) is 14.9 Å². The molecule has 3 aromatic rings. The molecule has 1 fully saturated rings. The Labute approximate surface area is 157 Å². The molecule has 1 aromatic carbocycles. The Hall–Kier alpha value is -2.84. The summed E-state index contributed by atoms with van der Waals surface area (Å²) in [5.41, 5.74) is -0.355. The number of alkyl halides is 3. The van der Waals surface area contributed by atoms with Crippen molar-refractivity contribution in [3.63, 3.8) is 0 Å². The molecule has 0 N–H and O–H groups in total. The molecule has 9 heteroatoms. The maximum Gasteiger partial charge on any atom is 0.573 e. The average molecular weight is 393 g/mol. The summed E-state index contributed by atoms with van der Waals surface area (Å²) in [6.07, 6.45) is 1.95. The predicted octanol–water partition coefficient (Wildman–Crippen LogP) is 4.38. The Morgan fingerprint density at radius 2 is 1.96 bits per heavy atom. The van der Waals surface area contributed by atoms with Gasteiger partial charge < -0.3 is 13.8 Å². The van der Waals surface area contributed by atoms with Gasteiger partial charge in [-0.2, -0.15) is 4.98 Å². The fourth-order valence-electron chi connectivity index (χ4n) is 3.68. The fourth-order valence-corrected chi connectivity index (χ4v) is 3.68. The van der Waals surface area contributed by atoms with E-state index in [-0.39, 0.29) is 23.4 Å². The number of nitrogens with zero attached hydrogens (tertiary/aromatic N) is 3. The van der Waals surface area contributed by atoms with Crippen LogP contribution in [0.1, 0.15) is 49.7 Å². The van der Waals surface area contributed by atoms with Gasteiger partial charge in [0.1, 0.15) is 0 Å². The Morgan fingerprint density at radius 1 is 1.18 bits per heavy atom. The summed E-state index contributed by atoms with van der Waals surface area (Å²) in [6.45, 7) is 0.0607. The second-order valence-corrected chi connectivity index (χ2v) is 6.89. The molecule has 28 heavy (non-hydrogen) atoms. The van der Waals surface area contributed by atoms with Crippen molar-refractivity contribution in [2.24, 2.45) is 0 Å². The van der Waals surface area contributed by atoms with Gasteiger partial charge in [-0.1, -0.05) is 30.5 Å². The van der Waals surface area contributed by atoms with Gasteiger partial charge in [0.05, 0.1) is 12.1 Å². The summed E-state index contributed by atoms with van der Waals surface area (Å²) in [4.78, 5) is 16.5. The molecule has 1 aliphatic rings. The Morgan fingerprint density at radius 3 is 2.71 bits per heavy atom. The van der Waals surface area contributed by atoms with Crippen molar-refractivity contribution in [3.05, 3.63) is 52.4 Å². The third-order valence-corrected chi connectivity index (χ3v) is 4.93. The molecule has 1 aliphatic carbocycles. The van der Waals surface area contributed by atoms with Gasteiger partial charge in [-0.25, -0.2) is 0 Å². The van der Waals surface area contributed by atoms with Crippen molar-refractivity contribution in [2.75, 3.05) is 0 Å². The lowest BCUT2D eigenvalue weighted by Crippen LogP contribution is -2.19. The van der Waals surface area contributed by atoms with Crippen LogP contribution in [0.5, 0.6) is 5.75 Å². The topological polar surface area (TPSA) is 70.2 Å². The average Bonchev–Trinajstić information content (AvgIpc) is 3.12. The molecule has 1 saturated carbocycles. The van der Waals surface area contributed by atoms with Crippen LogP contribution < -0.4 is 10.2 Å². The second-order valence-electron chi connectivity index (χ2n) is 6.89. The summed E-state index contributed by atoms with van der Waals surface area (Å²) in [7, 11) is 0. The molecule has 4 rings (SSSR count). The largest absolute Gasteiger partial charge is 0.573 e. The molecule has 0 bridgehead atoms. The number of benzene rings is 1. The van der Waals surface area contributed by atoms with Gasteiger partial charge >= 0.3 is 6.36 Å².